The summed E-state index contributed by atoms with van der Waals surface area (Å²) in [5.74, 6) is 0.931. The maximum Gasteiger partial charge on any atom is 0.101 e. The largest absolute Gasteiger partial charge is 0.214 e. The van der Waals surface area contributed by atoms with E-state index in [0.29, 0.717) is 0 Å². The molecule has 0 amide bonds. The van der Waals surface area contributed by atoms with Crippen molar-refractivity contribution >= 4 is 18.2 Å². The van der Waals surface area contributed by atoms with Crippen molar-refractivity contribution in [1.29, 1.82) is 0 Å². The minimum absolute atomic E-state index is 0.931. The van der Waals surface area contributed by atoms with Crippen LogP contribution in [0.4, 0.5) is 0 Å². The van der Waals surface area contributed by atoms with Crippen molar-refractivity contribution in [2.45, 2.75) is 0 Å². The molecular formula is C4H4NS. The first-order valence-corrected chi connectivity index (χ1v) is 2.59. The van der Waals surface area contributed by atoms with Crippen LogP contribution in [0.2, 0.25) is 0 Å². The van der Waals surface area contributed by atoms with Gasteiger partial charge < -0.3 is 0 Å². The molecule has 6 heavy (non-hydrogen) atoms. The molecule has 0 aromatic rings. The van der Waals surface area contributed by atoms with E-state index < -0.39 is 0 Å². The topological polar surface area (TPSA) is 12.4 Å². The lowest BCUT2D eigenvalue weighted by atomic mass is 10.4. The molecule has 2 heteroatoms. The number of hydrogen-bond acceptors (Lipinski definition) is 2. The molecule has 1 nitrogen and oxygen atoms in total. The van der Waals surface area contributed by atoms with Crippen molar-refractivity contribution in [3.63, 3.8) is 0 Å². The van der Waals surface area contributed by atoms with E-state index in [4.69, 9.17) is 0 Å². The zero-order chi connectivity index (χ0) is 4.41. The Balaban J connectivity index is 2.59. The molecule has 1 aliphatic rings. The van der Waals surface area contributed by atoms with Gasteiger partial charge in [0.1, 0.15) is 6.21 Å². The van der Waals surface area contributed by atoms with Crippen LogP contribution in [-0.2, 0) is 0 Å². The molecule has 0 bridgehead atoms. The lowest BCUT2D eigenvalue weighted by Gasteiger charge is -1.73. The molecule has 0 saturated carbocycles. The number of hydrogen-bond donors (Lipinski definition) is 0. The fourth-order valence-electron chi connectivity index (χ4n) is 0.239. The fraction of sp³-hybridized carbons (Fsp3) is 0.250. The molecule has 0 unspecified atom stereocenters. The van der Waals surface area contributed by atoms with Crippen LogP contribution in [0.5, 0.6) is 0 Å². The van der Waals surface area contributed by atoms with E-state index in [9.17, 15) is 0 Å². The lowest BCUT2D eigenvalue weighted by molar-refractivity contribution is 1.74. The predicted molar refractivity (Wildman–Crippen MR) is 29.0 cm³/mol. The van der Waals surface area contributed by atoms with E-state index in [1.54, 1.807) is 0 Å². The molecule has 0 aliphatic carbocycles. The van der Waals surface area contributed by atoms with E-state index in [-0.39, 0.29) is 0 Å². The summed E-state index contributed by atoms with van der Waals surface area (Å²) >= 11 is 1.50. The van der Waals surface area contributed by atoms with Gasteiger partial charge in [0.2, 0.25) is 0 Å². The quantitative estimate of drug-likeness (QED) is 0.414. The predicted octanol–water partition coefficient (Wildman–Crippen LogP) is 1.15. The molecule has 1 aliphatic heterocycles. The monoisotopic (exact) mass is 98.0 g/mol. The molecular weight excluding hydrogens is 94.1 g/mol. The Kier molecular flexibility index (Phi) is 0.965. The van der Waals surface area contributed by atoms with Crippen molar-refractivity contribution in [2.24, 2.45) is 4.40 Å². The van der Waals surface area contributed by atoms with Crippen LogP contribution in [-0.4, -0.2) is 12.0 Å². The van der Waals surface area contributed by atoms with Crippen molar-refractivity contribution in [3.8, 4) is 0 Å². The Morgan fingerprint density at radius 2 is 2.83 bits per heavy atom. The second kappa shape index (κ2) is 1.47. The average molecular weight is 98.1 g/mol. The Bertz CT molecular complexity index is 95.7. The molecule has 0 spiro atoms. The van der Waals surface area contributed by atoms with Crippen molar-refractivity contribution in [1.82, 2.24) is 0 Å². The van der Waals surface area contributed by atoms with E-state index >= 15 is 0 Å². The van der Waals surface area contributed by atoms with E-state index in [1.165, 1.54) is 11.9 Å². The second-order valence-corrected chi connectivity index (χ2v) is 1.81. The van der Waals surface area contributed by atoms with Gasteiger partial charge in [-0.05, 0) is 17.5 Å². The fourth-order valence-corrected chi connectivity index (χ4v) is 0.718. The molecule has 0 fully saturated rings. The minimum Gasteiger partial charge on any atom is -0.214 e. The smallest absolute Gasteiger partial charge is 0.101 e. The first-order valence-electron chi connectivity index (χ1n) is 1.65. The van der Waals surface area contributed by atoms with Gasteiger partial charge in [0.15, 0.2) is 0 Å². The summed E-state index contributed by atoms with van der Waals surface area (Å²) in [5, 5.41) is 0. The molecule has 1 heterocycles. The van der Waals surface area contributed by atoms with Gasteiger partial charge in [-0.2, -0.15) is 0 Å². The maximum absolute atomic E-state index is 3.73. The molecule has 0 saturated heterocycles. The number of nitrogens with zero attached hydrogens (tertiary/aromatic N) is 1. The van der Waals surface area contributed by atoms with Crippen molar-refractivity contribution in [2.75, 3.05) is 5.75 Å². The summed E-state index contributed by atoms with van der Waals surface area (Å²) in [6, 6.07) is 0. The van der Waals surface area contributed by atoms with Gasteiger partial charge in [0.05, 0.1) is 0 Å². The third-order valence-corrected chi connectivity index (χ3v) is 1.21. The Labute approximate surface area is 41.3 Å². The molecule has 1 radical (unpaired) electrons. The highest BCUT2D eigenvalue weighted by Crippen LogP contribution is 2.12. The maximum atomic E-state index is 3.73. The average Bonchev–Trinajstić information content (AvgIpc) is 1.86. The first-order chi connectivity index (χ1) is 2.89. The Hall–Kier alpha value is -0.240. The highest BCUT2D eigenvalue weighted by Gasteiger charge is 1.95. The molecule has 0 atom stereocenters. The normalized spacial score (nSPS) is 19.7. The second-order valence-electron chi connectivity index (χ2n) is 1.08. The summed E-state index contributed by atoms with van der Waals surface area (Å²) in [7, 11) is 0. The van der Waals surface area contributed by atoms with Crippen LogP contribution in [0.15, 0.2) is 16.5 Å². The van der Waals surface area contributed by atoms with Crippen molar-refractivity contribution in [3.05, 3.63) is 12.2 Å². The van der Waals surface area contributed by atoms with Crippen LogP contribution in [0.3, 0.4) is 0 Å². The zero-order valence-electron chi connectivity index (χ0n) is 3.27. The summed E-state index contributed by atoms with van der Waals surface area (Å²) < 4.78 is 3.73. The van der Waals surface area contributed by atoms with E-state index in [2.05, 4.69) is 17.2 Å². The van der Waals surface area contributed by atoms with Gasteiger partial charge in [-0.15, -0.1) is 0 Å². The summed E-state index contributed by atoms with van der Waals surface area (Å²) in [4.78, 5) is 0. The van der Waals surface area contributed by atoms with Crippen molar-refractivity contribution < 1.29 is 0 Å². The SMILES string of the molecule is C=C1[C]=NSC1. The Morgan fingerprint density at radius 1 is 2.00 bits per heavy atom. The van der Waals surface area contributed by atoms with Gasteiger partial charge in [0.25, 0.3) is 0 Å². The van der Waals surface area contributed by atoms with Gasteiger partial charge in [-0.3, -0.25) is 0 Å². The van der Waals surface area contributed by atoms with E-state index in [1.807, 2.05) is 0 Å². The standard InChI is InChI=1S/C4H4NS/c1-4-2-5-6-3-4/h1,3H2. The summed E-state index contributed by atoms with van der Waals surface area (Å²) in [5.41, 5.74) is 1.00. The van der Waals surface area contributed by atoms with Crippen LogP contribution in [0.25, 0.3) is 0 Å². The summed E-state index contributed by atoms with van der Waals surface area (Å²) in [6.07, 6.45) is 2.71. The van der Waals surface area contributed by atoms with Crippen LogP contribution in [0.1, 0.15) is 0 Å². The molecule has 0 aromatic heterocycles. The lowest BCUT2D eigenvalue weighted by Crippen LogP contribution is -1.72. The number of rotatable bonds is 0. The highest BCUT2D eigenvalue weighted by atomic mass is 32.2. The van der Waals surface area contributed by atoms with Gasteiger partial charge >= 0.3 is 0 Å². The van der Waals surface area contributed by atoms with Crippen LogP contribution in [0, 0.1) is 0 Å². The Morgan fingerprint density at radius 3 is 3.00 bits per heavy atom. The van der Waals surface area contributed by atoms with Crippen LogP contribution < -0.4 is 0 Å². The first kappa shape index (κ1) is 3.93. The molecule has 31 valence electrons. The minimum atomic E-state index is 0.931. The summed E-state index contributed by atoms with van der Waals surface area (Å²) in [6.45, 7) is 3.63. The van der Waals surface area contributed by atoms with Crippen LogP contribution >= 0.6 is 11.9 Å². The third-order valence-electron chi connectivity index (χ3n) is 0.507. The van der Waals surface area contributed by atoms with Gasteiger partial charge in [-0.25, -0.2) is 4.40 Å². The molecule has 1 rings (SSSR count). The highest BCUT2D eigenvalue weighted by molar-refractivity contribution is 7.98. The molecule has 0 aromatic carbocycles. The molecule has 0 N–H and O–H groups in total. The van der Waals surface area contributed by atoms with E-state index in [0.717, 1.165) is 11.3 Å². The van der Waals surface area contributed by atoms with Gasteiger partial charge in [-0.1, -0.05) is 6.58 Å². The van der Waals surface area contributed by atoms with Gasteiger partial charge in [0, 0.05) is 5.75 Å². The third kappa shape index (κ3) is 0.627. The zero-order valence-corrected chi connectivity index (χ0v) is 4.09.